The van der Waals surface area contributed by atoms with Crippen molar-refractivity contribution < 1.29 is 14.3 Å². The Labute approximate surface area is 161 Å². The zero-order valence-corrected chi connectivity index (χ0v) is 16.1. The van der Waals surface area contributed by atoms with E-state index in [0.717, 1.165) is 76.0 Å². The summed E-state index contributed by atoms with van der Waals surface area (Å²) in [6.45, 7) is 4.17. The van der Waals surface area contributed by atoms with Crippen LogP contribution >= 0.6 is 0 Å². The Morgan fingerprint density at radius 2 is 1.52 bits per heavy atom. The second-order valence-electron chi connectivity index (χ2n) is 8.23. The van der Waals surface area contributed by atoms with Crippen LogP contribution in [0.5, 0.6) is 5.75 Å². The molecule has 1 aromatic rings. The van der Waals surface area contributed by atoms with Gasteiger partial charge in [-0.25, -0.2) is 0 Å². The maximum absolute atomic E-state index is 12.4. The molecule has 0 radical (unpaired) electrons. The van der Waals surface area contributed by atoms with Gasteiger partial charge < -0.3 is 14.5 Å². The van der Waals surface area contributed by atoms with Gasteiger partial charge in [0.1, 0.15) is 5.75 Å². The number of amides is 2. The average Bonchev–Trinajstić information content (AvgIpc) is 3.20. The van der Waals surface area contributed by atoms with Crippen LogP contribution in [0.15, 0.2) is 24.3 Å². The molecule has 2 aliphatic heterocycles. The summed E-state index contributed by atoms with van der Waals surface area (Å²) >= 11 is 0. The van der Waals surface area contributed by atoms with Gasteiger partial charge in [-0.2, -0.15) is 0 Å². The lowest BCUT2D eigenvalue weighted by Crippen LogP contribution is -2.44. The van der Waals surface area contributed by atoms with Crippen LogP contribution in [0.2, 0.25) is 0 Å². The summed E-state index contributed by atoms with van der Waals surface area (Å²) in [6, 6.07) is 7.54. The lowest BCUT2D eigenvalue weighted by molar-refractivity contribution is -0.139. The minimum Gasteiger partial charge on any atom is -0.493 e. The molecule has 146 valence electrons. The third-order valence-electron chi connectivity index (χ3n) is 6.36. The molecule has 3 fully saturated rings. The summed E-state index contributed by atoms with van der Waals surface area (Å²) in [7, 11) is 0. The molecular formula is C22H30N2O3. The van der Waals surface area contributed by atoms with Crippen LogP contribution < -0.4 is 4.74 Å². The first-order valence-electron chi connectivity index (χ1n) is 10.5. The molecule has 0 aromatic heterocycles. The summed E-state index contributed by atoms with van der Waals surface area (Å²) in [5.74, 6) is 2.13. The zero-order valence-electron chi connectivity index (χ0n) is 16.1. The number of rotatable bonds is 5. The van der Waals surface area contributed by atoms with Crippen molar-refractivity contribution in [3.8, 4) is 5.75 Å². The molecular weight excluding hydrogens is 340 g/mol. The number of piperidine rings is 1. The number of benzene rings is 1. The topological polar surface area (TPSA) is 49.9 Å². The summed E-state index contributed by atoms with van der Waals surface area (Å²) in [6.07, 6.45) is 7.63. The molecule has 5 heteroatoms. The quantitative estimate of drug-likeness (QED) is 0.799. The normalized spacial score (nSPS) is 21.2. The number of nitrogens with zero attached hydrogens (tertiary/aromatic N) is 2. The van der Waals surface area contributed by atoms with Crippen LogP contribution in [-0.4, -0.2) is 54.4 Å². The smallest absolute Gasteiger partial charge is 0.253 e. The molecule has 0 unspecified atom stereocenters. The van der Waals surface area contributed by atoms with Gasteiger partial charge in [0, 0.05) is 37.7 Å². The van der Waals surface area contributed by atoms with Crippen molar-refractivity contribution in [2.75, 3.05) is 32.8 Å². The molecule has 2 heterocycles. The van der Waals surface area contributed by atoms with Gasteiger partial charge in [-0.3, -0.25) is 9.59 Å². The van der Waals surface area contributed by atoms with E-state index in [9.17, 15) is 9.59 Å². The minimum absolute atomic E-state index is 0.127. The monoisotopic (exact) mass is 370 g/mol. The van der Waals surface area contributed by atoms with Gasteiger partial charge in [0.15, 0.2) is 0 Å². The molecule has 0 spiro atoms. The maximum Gasteiger partial charge on any atom is 0.253 e. The Morgan fingerprint density at radius 3 is 2.11 bits per heavy atom. The molecule has 0 atom stereocenters. The Balaban J connectivity index is 1.21. The summed E-state index contributed by atoms with van der Waals surface area (Å²) in [5, 5.41) is 0. The first-order chi connectivity index (χ1) is 13.2. The summed E-state index contributed by atoms with van der Waals surface area (Å²) < 4.78 is 5.95. The van der Waals surface area contributed by atoms with Crippen molar-refractivity contribution in [1.29, 1.82) is 0 Å². The highest BCUT2D eigenvalue weighted by molar-refractivity contribution is 5.94. The standard InChI is InChI=1S/C22H30N2O3/c25-21(18-4-3-5-18)24-14-10-17(11-15-24)16-27-20-8-6-19(7-9-20)22(26)23-12-1-2-13-23/h6-9,17-18H,1-5,10-16H2. The van der Waals surface area contributed by atoms with Gasteiger partial charge >= 0.3 is 0 Å². The van der Waals surface area contributed by atoms with E-state index in [-0.39, 0.29) is 5.91 Å². The van der Waals surface area contributed by atoms with E-state index in [1.54, 1.807) is 0 Å². The van der Waals surface area contributed by atoms with E-state index in [1.807, 2.05) is 29.2 Å². The number of ether oxygens (including phenoxy) is 1. The molecule has 27 heavy (non-hydrogen) atoms. The number of likely N-dealkylation sites (tertiary alicyclic amines) is 2. The number of carbonyl (C=O) groups is 2. The van der Waals surface area contributed by atoms with Gasteiger partial charge in [0.25, 0.3) is 5.91 Å². The van der Waals surface area contributed by atoms with E-state index in [0.29, 0.717) is 24.3 Å². The highest BCUT2D eigenvalue weighted by Crippen LogP contribution is 2.30. The van der Waals surface area contributed by atoms with Crippen molar-refractivity contribution in [2.24, 2.45) is 11.8 Å². The van der Waals surface area contributed by atoms with E-state index < -0.39 is 0 Å². The highest BCUT2D eigenvalue weighted by atomic mass is 16.5. The third kappa shape index (κ3) is 4.28. The molecule has 0 N–H and O–H groups in total. The van der Waals surface area contributed by atoms with E-state index in [1.165, 1.54) is 6.42 Å². The number of hydrogen-bond donors (Lipinski definition) is 0. The van der Waals surface area contributed by atoms with Gasteiger partial charge in [-0.1, -0.05) is 6.42 Å². The van der Waals surface area contributed by atoms with Gasteiger partial charge in [-0.15, -0.1) is 0 Å². The predicted octanol–water partition coefficient (Wildman–Crippen LogP) is 3.34. The lowest BCUT2D eigenvalue weighted by Gasteiger charge is -2.36. The van der Waals surface area contributed by atoms with Gasteiger partial charge in [0.2, 0.25) is 5.91 Å². The molecule has 1 aromatic carbocycles. The molecule has 1 saturated carbocycles. The Hall–Kier alpha value is -2.04. The number of hydrogen-bond acceptors (Lipinski definition) is 3. The SMILES string of the molecule is O=C(c1ccc(OCC2CCN(C(=O)C3CCC3)CC2)cc1)N1CCCC1. The molecule has 3 aliphatic rings. The number of carbonyl (C=O) groups excluding carboxylic acids is 2. The largest absolute Gasteiger partial charge is 0.493 e. The van der Waals surface area contributed by atoms with Crippen LogP contribution in [0.25, 0.3) is 0 Å². The van der Waals surface area contributed by atoms with Crippen molar-refractivity contribution in [1.82, 2.24) is 9.80 Å². The maximum atomic E-state index is 12.4. The van der Waals surface area contributed by atoms with Crippen molar-refractivity contribution in [3.05, 3.63) is 29.8 Å². The molecule has 5 nitrogen and oxygen atoms in total. The van der Waals surface area contributed by atoms with E-state index >= 15 is 0 Å². The van der Waals surface area contributed by atoms with Crippen LogP contribution in [0.4, 0.5) is 0 Å². The zero-order chi connectivity index (χ0) is 18.6. The predicted molar refractivity (Wildman–Crippen MR) is 104 cm³/mol. The van der Waals surface area contributed by atoms with Crippen LogP contribution in [0.1, 0.15) is 55.3 Å². The molecule has 2 amide bonds. The fourth-order valence-corrected chi connectivity index (χ4v) is 4.24. The van der Waals surface area contributed by atoms with E-state index in [4.69, 9.17) is 4.74 Å². The van der Waals surface area contributed by atoms with E-state index in [2.05, 4.69) is 4.90 Å². The van der Waals surface area contributed by atoms with Crippen molar-refractivity contribution in [2.45, 2.75) is 44.9 Å². The van der Waals surface area contributed by atoms with Crippen LogP contribution in [-0.2, 0) is 4.79 Å². The first kappa shape index (κ1) is 18.3. The minimum atomic E-state index is 0.127. The Kier molecular flexibility index (Phi) is 5.65. The lowest BCUT2D eigenvalue weighted by atomic mass is 9.83. The molecule has 0 bridgehead atoms. The van der Waals surface area contributed by atoms with Crippen molar-refractivity contribution >= 4 is 11.8 Å². The molecule has 1 aliphatic carbocycles. The fourth-order valence-electron chi connectivity index (χ4n) is 4.24. The Morgan fingerprint density at radius 1 is 0.852 bits per heavy atom. The summed E-state index contributed by atoms with van der Waals surface area (Å²) in [4.78, 5) is 28.7. The fraction of sp³-hybridized carbons (Fsp3) is 0.636. The molecule has 4 rings (SSSR count). The van der Waals surface area contributed by atoms with Gasteiger partial charge in [-0.05, 0) is 68.7 Å². The van der Waals surface area contributed by atoms with Crippen LogP contribution in [0.3, 0.4) is 0 Å². The van der Waals surface area contributed by atoms with Gasteiger partial charge in [0.05, 0.1) is 6.61 Å². The average molecular weight is 370 g/mol. The second-order valence-corrected chi connectivity index (χ2v) is 8.23. The third-order valence-corrected chi connectivity index (χ3v) is 6.36. The Bertz CT molecular complexity index is 655. The van der Waals surface area contributed by atoms with Crippen molar-refractivity contribution in [3.63, 3.8) is 0 Å². The first-order valence-corrected chi connectivity index (χ1v) is 10.5. The highest BCUT2D eigenvalue weighted by Gasteiger charge is 2.31. The van der Waals surface area contributed by atoms with Crippen LogP contribution in [0, 0.1) is 11.8 Å². The summed E-state index contributed by atoms with van der Waals surface area (Å²) in [5.41, 5.74) is 0.743. The second kappa shape index (κ2) is 8.32. The molecule has 2 saturated heterocycles.